The first-order chi connectivity index (χ1) is 12.1. The van der Waals surface area contributed by atoms with Gasteiger partial charge in [-0.1, -0.05) is 6.07 Å². The van der Waals surface area contributed by atoms with Gasteiger partial charge in [-0.25, -0.2) is 4.39 Å². The average molecular weight is 379 g/mol. The van der Waals surface area contributed by atoms with E-state index in [4.69, 9.17) is 9.47 Å². The molecule has 0 saturated heterocycles. The zero-order valence-electron chi connectivity index (χ0n) is 15.2. The van der Waals surface area contributed by atoms with E-state index in [1.165, 1.54) is 6.07 Å². The zero-order chi connectivity index (χ0) is 17.8. The molecular formula is C20H24ClFN2O2. The molecule has 0 atom stereocenters. The molecule has 26 heavy (non-hydrogen) atoms. The third-order valence-electron chi connectivity index (χ3n) is 4.41. The van der Waals surface area contributed by atoms with E-state index in [1.54, 1.807) is 26.4 Å². The number of benzene rings is 2. The van der Waals surface area contributed by atoms with E-state index < -0.39 is 0 Å². The molecule has 4 nitrogen and oxygen atoms in total. The molecule has 0 bridgehead atoms. The van der Waals surface area contributed by atoms with E-state index in [0.717, 1.165) is 58.7 Å². The highest BCUT2D eigenvalue weighted by Crippen LogP contribution is 2.27. The average Bonchev–Trinajstić information content (AvgIpc) is 2.93. The molecule has 0 aliphatic carbocycles. The number of ether oxygens (including phenoxy) is 2. The fraction of sp³-hybridized carbons (Fsp3) is 0.300. The van der Waals surface area contributed by atoms with Crippen molar-refractivity contribution in [3.05, 3.63) is 59.0 Å². The van der Waals surface area contributed by atoms with Crippen molar-refractivity contribution in [2.45, 2.75) is 19.9 Å². The maximum atomic E-state index is 13.5. The van der Waals surface area contributed by atoms with Crippen LogP contribution in [0.3, 0.4) is 0 Å². The molecule has 1 heterocycles. The lowest BCUT2D eigenvalue weighted by Gasteiger charge is -2.10. The molecule has 0 saturated carbocycles. The normalized spacial score (nSPS) is 10.6. The highest BCUT2D eigenvalue weighted by Gasteiger charge is 2.09. The summed E-state index contributed by atoms with van der Waals surface area (Å²) in [5.74, 6) is 1.25. The van der Waals surface area contributed by atoms with Gasteiger partial charge in [0, 0.05) is 23.1 Å². The van der Waals surface area contributed by atoms with Gasteiger partial charge in [-0.15, -0.1) is 12.4 Å². The minimum absolute atomic E-state index is 0. The highest BCUT2D eigenvalue weighted by atomic mass is 35.5. The molecule has 0 unspecified atom stereocenters. The topological polar surface area (TPSA) is 46.3 Å². The first-order valence-corrected chi connectivity index (χ1v) is 8.30. The first-order valence-electron chi connectivity index (χ1n) is 8.30. The summed E-state index contributed by atoms with van der Waals surface area (Å²) in [6.45, 7) is 3.57. The third kappa shape index (κ3) is 4.29. The quantitative estimate of drug-likeness (QED) is 0.599. The fourth-order valence-electron chi connectivity index (χ4n) is 3.11. The van der Waals surface area contributed by atoms with Crippen LogP contribution in [-0.2, 0) is 13.0 Å². The molecule has 0 aliphatic rings. The van der Waals surface area contributed by atoms with Gasteiger partial charge in [-0.3, -0.25) is 0 Å². The van der Waals surface area contributed by atoms with Gasteiger partial charge in [-0.05, 0) is 61.3 Å². The van der Waals surface area contributed by atoms with Crippen molar-refractivity contribution in [1.29, 1.82) is 0 Å². The smallest absolute Gasteiger partial charge is 0.161 e. The van der Waals surface area contributed by atoms with Gasteiger partial charge in [0.15, 0.2) is 11.5 Å². The van der Waals surface area contributed by atoms with Crippen molar-refractivity contribution in [3.63, 3.8) is 0 Å². The number of fused-ring (bicyclic) bond motifs is 1. The molecule has 2 N–H and O–H groups in total. The van der Waals surface area contributed by atoms with E-state index in [-0.39, 0.29) is 18.2 Å². The lowest BCUT2D eigenvalue weighted by Crippen LogP contribution is -2.17. The van der Waals surface area contributed by atoms with Gasteiger partial charge < -0.3 is 19.8 Å². The summed E-state index contributed by atoms with van der Waals surface area (Å²) < 4.78 is 24.1. The standard InChI is InChI=1S/C20H23FN2O2.ClH/c1-13-16(17-11-15(21)5-6-18(17)23-13)8-9-22-12-14-4-7-19(24-2)20(10-14)25-3;/h4-7,10-11,22-23H,8-9,12H2,1-3H3;1H. The van der Waals surface area contributed by atoms with Gasteiger partial charge in [0.25, 0.3) is 0 Å². The SMILES string of the molecule is COc1ccc(CNCCc2c(C)[nH]c3ccc(F)cc23)cc1OC.Cl. The van der Waals surface area contributed by atoms with Crippen LogP contribution < -0.4 is 14.8 Å². The maximum Gasteiger partial charge on any atom is 0.161 e. The summed E-state index contributed by atoms with van der Waals surface area (Å²) >= 11 is 0. The Morgan fingerprint density at radius 1 is 1.04 bits per heavy atom. The van der Waals surface area contributed by atoms with Gasteiger partial charge in [0.2, 0.25) is 0 Å². The van der Waals surface area contributed by atoms with Crippen molar-refractivity contribution in [2.75, 3.05) is 20.8 Å². The van der Waals surface area contributed by atoms with Crippen molar-refractivity contribution in [3.8, 4) is 11.5 Å². The number of aromatic nitrogens is 1. The molecule has 0 amide bonds. The number of halogens is 2. The second kappa shape index (κ2) is 8.92. The number of hydrogen-bond acceptors (Lipinski definition) is 3. The molecular weight excluding hydrogens is 355 g/mol. The summed E-state index contributed by atoms with van der Waals surface area (Å²) in [7, 11) is 3.26. The Bertz CT molecular complexity index is 880. The molecule has 0 aliphatic heterocycles. The minimum atomic E-state index is -0.203. The zero-order valence-corrected chi connectivity index (χ0v) is 16.0. The van der Waals surface area contributed by atoms with Gasteiger partial charge >= 0.3 is 0 Å². The third-order valence-corrected chi connectivity index (χ3v) is 4.41. The van der Waals surface area contributed by atoms with Crippen LogP contribution in [0.5, 0.6) is 11.5 Å². The van der Waals surface area contributed by atoms with Crippen LogP contribution >= 0.6 is 12.4 Å². The second-order valence-electron chi connectivity index (χ2n) is 6.03. The predicted octanol–water partition coefficient (Wildman–Crippen LogP) is 4.39. The lowest BCUT2D eigenvalue weighted by atomic mass is 10.1. The largest absolute Gasteiger partial charge is 0.493 e. The summed E-state index contributed by atoms with van der Waals surface area (Å²) in [5.41, 5.74) is 4.36. The number of hydrogen-bond donors (Lipinski definition) is 2. The monoisotopic (exact) mass is 378 g/mol. The lowest BCUT2D eigenvalue weighted by molar-refractivity contribution is 0.354. The van der Waals surface area contributed by atoms with Crippen LogP contribution in [0.4, 0.5) is 4.39 Å². The molecule has 6 heteroatoms. The maximum absolute atomic E-state index is 13.5. The number of aryl methyl sites for hydroxylation is 1. The molecule has 0 radical (unpaired) electrons. The summed E-state index contributed by atoms with van der Waals surface area (Å²) in [5, 5.41) is 4.39. The number of aromatic amines is 1. The predicted molar refractivity (Wildman–Crippen MR) is 105 cm³/mol. The molecule has 3 rings (SSSR count). The van der Waals surface area contributed by atoms with E-state index in [1.807, 2.05) is 25.1 Å². The van der Waals surface area contributed by atoms with Crippen molar-refractivity contribution in [1.82, 2.24) is 10.3 Å². The molecule has 0 fully saturated rings. The number of nitrogens with one attached hydrogen (secondary N) is 2. The van der Waals surface area contributed by atoms with Crippen LogP contribution in [0.1, 0.15) is 16.8 Å². The van der Waals surface area contributed by atoms with Crippen LogP contribution in [0.15, 0.2) is 36.4 Å². The Kier molecular flexibility index (Phi) is 6.89. The number of rotatable bonds is 7. The summed E-state index contributed by atoms with van der Waals surface area (Å²) in [6.07, 6.45) is 0.836. The van der Waals surface area contributed by atoms with Crippen molar-refractivity contribution < 1.29 is 13.9 Å². The van der Waals surface area contributed by atoms with Crippen LogP contribution in [0.2, 0.25) is 0 Å². The number of H-pyrrole nitrogens is 1. The van der Waals surface area contributed by atoms with E-state index in [2.05, 4.69) is 10.3 Å². The molecule has 2 aromatic carbocycles. The molecule has 140 valence electrons. The van der Waals surface area contributed by atoms with Gasteiger partial charge in [0.1, 0.15) is 5.82 Å². The van der Waals surface area contributed by atoms with E-state index >= 15 is 0 Å². The molecule has 1 aromatic heterocycles. The van der Waals surface area contributed by atoms with Crippen molar-refractivity contribution >= 4 is 23.3 Å². The fourth-order valence-corrected chi connectivity index (χ4v) is 3.11. The van der Waals surface area contributed by atoms with Crippen LogP contribution in [0.25, 0.3) is 10.9 Å². The van der Waals surface area contributed by atoms with Crippen LogP contribution in [0, 0.1) is 12.7 Å². The number of methoxy groups -OCH3 is 2. The Balaban J connectivity index is 0.00000243. The minimum Gasteiger partial charge on any atom is -0.493 e. The second-order valence-corrected chi connectivity index (χ2v) is 6.03. The summed E-state index contributed by atoms with van der Waals surface area (Å²) in [6, 6.07) is 10.8. The Morgan fingerprint density at radius 3 is 2.54 bits per heavy atom. The summed E-state index contributed by atoms with van der Waals surface area (Å²) in [4.78, 5) is 3.32. The highest BCUT2D eigenvalue weighted by molar-refractivity contribution is 5.85. The van der Waals surface area contributed by atoms with E-state index in [0.29, 0.717) is 0 Å². The van der Waals surface area contributed by atoms with Crippen molar-refractivity contribution in [2.24, 2.45) is 0 Å². The van der Waals surface area contributed by atoms with Crippen LogP contribution in [-0.4, -0.2) is 25.7 Å². The molecule has 0 spiro atoms. The van der Waals surface area contributed by atoms with E-state index in [9.17, 15) is 4.39 Å². The molecule has 3 aromatic rings. The Morgan fingerprint density at radius 2 is 1.81 bits per heavy atom. The first kappa shape index (κ1) is 20.1. The van der Waals surface area contributed by atoms with Gasteiger partial charge in [-0.2, -0.15) is 0 Å². The van der Waals surface area contributed by atoms with Gasteiger partial charge in [0.05, 0.1) is 14.2 Å². The Hall–Kier alpha value is -2.24. The Labute approximate surface area is 159 Å².